The Balaban J connectivity index is 1.78. The molecular formula is C21H25NO4. The molecule has 0 atom stereocenters. The Morgan fingerprint density at radius 1 is 1.08 bits per heavy atom. The second kappa shape index (κ2) is 9.61. The lowest BCUT2D eigenvalue weighted by molar-refractivity contribution is -0.116. The van der Waals surface area contributed by atoms with Gasteiger partial charge >= 0.3 is 5.97 Å². The predicted molar refractivity (Wildman–Crippen MR) is 102 cm³/mol. The fourth-order valence-electron chi connectivity index (χ4n) is 2.54. The minimum Gasteiger partial charge on any atom is -0.493 e. The summed E-state index contributed by atoms with van der Waals surface area (Å²) < 4.78 is 10.7. The molecule has 0 saturated carbocycles. The van der Waals surface area contributed by atoms with Crippen LogP contribution in [0.2, 0.25) is 0 Å². The first-order valence-electron chi connectivity index (χ1n) is 8.76. The molecule has 0 saturated heterocycles. The molecule has 0 spiro atoms. The van der Waals surface area contributed by atoms with Gasteiger partial charge in [-0.05, 0) is 57.0 Å². The van der Waals surface area contributed by atoms with Gasteiger partial charge in [0, 0.05) is 12.1 Å². The molecule has 138 valence electrons. The Kier molecular flexibility index (Phi) is 7.21. The normalized spacial score (nSPS) is 10.3. The maximum absolute atomic E-state index is 12.1. The number of anilines is 1. The summed E-state index contributed by atoms with van der Waals surface area (Å²) in [5.74, 6) is 0.332. The molecule has 1 N–H and O–H groups in total. The highest BCUT2D eigenvalue weighted by Gasteiger charge is 2.09. The Morgan fingerprint density at radius 3 is 2.62 bits per heavy atom. The number of rotatable bonds is 8. The van der Waals surface area contributed by atoms with Crippen molar-refractivity contribution >= 4 is 17.6 Å². The molecule has 2 rings (SSSR count). The van der Waals surface area contributed by atoms with Gasteiger partial charge in [0.1, 0.15) is 5.75 Å². The van der Waals surface area contributed by atoms with Gasteiger partial charge in [0.2, 0.25) is 5.91 Å². The highest BCUT2D eigenvalue weighted by Crippen LogP contribution is 2.19. The monoisotopic (exact) mass is 355 g/mol. The van der Waals surface area contributed by atoms with Crippen molar-refractivity contribution in [2.75, 3.05) is 18.5 Å². The molecule has 5 nitrogen and oxygen atoms in total. The van der Waals surface area contributed by atoms with E-state index in [0.717, 1.165) is 11.3 Å². The summed E-state index contributed by atoms with van der Waals surface area (Å²) in [6, 6.07) is 12.8. The summed E-state index contributed by atoms with van der Waals surface area (Å²) in [5, 5.41) is 2.79. The predicted octanol–water partition coefficient (Wildman–Crippen LogP) is 4.28. The topological polar surface area (TPSA) is 64.6 Å². The van der Waals surface area contributed by atoms with E-state index in [-0.39, 0.29) is 5.91 Å². The number of aryl methyl sites for hydroxylation is 2. The lowest BCUT2D eigenvalue weighted by atomic mass is 10.1. The van der Waals surface area contributed by atoms with Crippen molar-refractivity contribution in [1.29, 1.82) is 0 Å². The van der Waals surface area contributed by atoms with E-state index in [4.69, 9.17) is 9.47 Å². The van der Waals surface area contributed by atoms with Crippen molar-refractivity contribution in [2.45, 2.75) is 33.6 Å². The summed E-state index contributed by atoms with van der Waals surface area (Å²) in [4.78, 5) is 23.8. The molecule has 0 aliphatic heterocycles. The SMILES string of the molecule is CCOC(=O)c1cccc(NC(=O)CCCOc2ccc(C)cc2C)c1. The van der Waals surface area contributed by atoms with Crippen molar-refractivity contribution in [3.63, 3.8) is 0 Å². The molecule has 0 heterocycles. The molecule has 0 fully saturated rings. The summed E-state index contributed by atoms with van der Waals surface area (Å²) >= 11 is 0. The summed E-state index contributed by atoms with van der Waals surface area (Å²) in [6.45, 7) is 6.59. The van der Waals surface area contributed by atoms with Crippen molar-refractivity contribution in [3.8, 4) is 5.75 Å². The van der Waals surface area contributed by atoms with Crippen molar-refractivity contribution in [2.24, 2.45) is 0 Å². The first-order valence-corrected chi connectivity index (χ1v) is 8.76. The molecule has 0 aliphatic carbocycles. The molecule has 0 unspecified atom stereocenters. The van der Waals surface area contributed by atoms with Crippen molar-refractivity contribution in [3.05, 3.63) is 59.2 Å². The number of carbonyl (C=O) groups excluding carboxylic acids is 2. The third-order valence-electron chi connectivity index (χ3n) is 3.79. The minimum atomic E-state index is -0.398. The number of esters is 1. The zero-order chi connectivity index (χ0) is 18.9. The van der Waals surface area contributed by atoms with E-state index in [9.17, 15) is 9.59 Å². The third kappa shape index (κ3) is 5.92. The molecule has 0 aliphatic rings. The Morgan fingerprint density at radius 2 is 1.88 bits per heavy atom. The maximum atomic E-state index is 12.1. The van der Waals surface area contributed by atoms with E-state index in [0.29, 0.717) is 37.3 Å². The van der Waals surface area contributed by atoms with E-state index < -0.39 is 5.97 Å². The Labute approximate surface area is 154 Å². The van der Waals surface area contributed by atoms with Gasteiger partial charge in [0.15, 0.2) is 0 Å². The summed E-state index contributed by atoms with van der Waals surface area (Å²) in [6.07, 6.45) is 0.950. The molecule has 0 bridgehead atoms. The Hall–Kier alpha value is -2.82. The molecule has 0 aromatic heterocycles. The van der Waals surface area contributed by atoms with Crippen LogP contribution in [-0.4, -0.2) is 25.1 Å². The van der Waals surface area contributed by atoms with Gasteiger partial charge in [-0.3, -0.25) is 4.79 Å². The van der Waals surface area contributed by atoms with Crippen LogP contribution in [0.5, 0.6) is 5.75 Å². The highest BCUT2D eigenvalue weighted by molar-refractivity contribution is 5.94. The van der Waals surface area contributed by atoms with Crippen molar-refractivity contribution in [1.82, 2.24) is 0 Å². The van der Waals surface area contributed by atoms with Gasteiger partial charge in [0.25, 0.3) is 0 Å². The van der Waals surface area contributed by atoms with Crippen molar-refractivity contribution < 1.29 is 19.1 Å². The van der Waals surface area contributed by atoms with E-state index >= 15 is 0 Å². The van der Waals surface area contributed by atoms with Gasteiger partial charge in [-0.2, -0.15) is 0 Å². The molecule has 26 heavy (non-hydrogen) atoms. The number of benzene rings is 2. The molecule has 5 heteroatoms. The fraction of sp³-hybridized carbons (Fsp3) is 0.333. The van der Waals surface area contributed by atoms with E-state index in [1.165, 1.54) is 5.56 Å². The maximum Gasteiger partial charge on any atom is 0.338 e. The number of amides is 1. The lowest BCUT2D eigenvalue weighted by Gasteiger charge is -2.10. The summed E-state index contributed by atoms with van der Waals surface area (Å²) in [5.41, 5.74) is 3.28. The van der Waals surface area contributed by atoms with Crippen LogP contribution in [-0.2, 0) is 9.53 Å². The average Bonchev–Trinajstić information content (AvgIpc) is 2.60. The summed E-state index contributed by atoms with van der Waals surface area (Å²) in [7, 11) is 0. The molecule has 1 amide bonds. The van der Waals surface area contributed by atoms with Crippen LogP contribution in [0.25, 0.3) is 0 Å². The third-order valence-corrected chi connectivity index (χ3v) is 3.79. The first kappa shape index (κ1) is 19.5. The van der Waals surface area contributed by atoms with Crippen LogP contribution in [0.4, 0.5) is 5.69 Å². The second-order valence-corrected chi connectivity index (χ2v) is 6.07. The van der Waals surface area contributed by atoms with Gasteiger partial charge in [0.05, 0.1) is 18.8 Å². The minimum absolute atomic E-state index is 0.116. The molecular weight excluding hydrogens is 330 g/mol. The van der Waals surface area contributed by atoms with E-state index in [2.05, 4.69) is 11.4 Å². The first-order chi connectivity index (χ1) is 12.5. The number of ether oxygens (including phenoxy) is 2. The number of hydrogen-bond donors (Lipinski definition) is 1. The highest BCUT2D eigenvalue weighted by atomic mass is 16.5. The molecule has 2 aromatic carbocycles. The van der Waals surface area contributed by atoms with Gasteiger partial charge in [-0.25, -0.2) is 4.79 Å². The quantitative estimate of drug-likeness (QED) is 0.567. The van der Waals surface area contributed by atoms with Crippen LogP contribution < -0.4 is 10.1 Å². The average molecular weight is 355 g/mol. The molecule has 0 radical (unpaired) electrons. The second-order valence-electron chi connectivity index (χ2n) is 6.07. The number of nitrogens with one attached hydrogen (secondary N) is 1. The fourth-order valence-corrected chi connectivity index (χ4v) is 2.54. The zero-order valence-corrected chi connectivity index (χ0v) is 15.5. The van der Waals surface area contributed by atoms with Gasteiger partial charge < -0.3 is 14.8 Å². The van der Waals surface area contributed by atoms with E-state index in [1.807, 2.05) is 26.0 Å². The Bertz CT molecular complexity index is 770. The van der Waals surface area contributed by atoms with E-state index in [1.54, 1.807) is 31.2 Å². The zero-order valence-electron chi connectivity index (χ0n) is 15.5. The van der Waals surface area contributed by atoms with Crippen LogP contribution in [0.15, 0.2) is 42.5 Å². The van der Waals surface area contributed by atoms with Crippen LogP contribution in [0, 0.1) is 13.8 Å². The van der Waals surface area contributed by atoms with Crippen LogP contribution in [0.3, 0.4) is 0 Å². The molecule has 2 aromatic rings. The van der Waals surface area contributed by atoms with Gasteiger partial charge in [-0.15, -0.1) is 0 Å². The smallest absolute Gasteiger partial charge is 0.338 e. The largest absolute Gasteiger partial charge is 0.493 e. The van der Waals surface area contributed by atoms with Crippen LogP contribution >= 0.6 is 0 Å². The standard InChI is InChI=1S/C21H25NO4/c1-4-25-21(24)17-7-5-8-18(14-17)22-20(23)9-6-12-26-19-11-10-15(2)13-16(19)3/h5,7-8,10-11,13-14H,4,6,9,12H2,1-3H3,(H,22,23). The van der Waals surface area contributed by atoms with Gasteiger partial charge in [-0.1, -0.05) is 23.8 Å². The number of carbonyl (C=O) groups is 2. The lowest BCUT2D eigenvalue weighted by Crippen LogP contribution is -2.13. The van der Waals surface area contributed by atoms with Crippen LogP contribution in [0.1, 0.15) is 41.3 Å². The number of hydrogen-bond acceptors (Lipinski definition) is 4.